The van der Waals surface area contributed by atoms with Crippen LogP contribution < -0.4 is 10.6 Å². The van der Waals surface area contributed by atoms with E-state index in [4.69, 9.17) is 0 Å². The smallest absolute Gasteiger partial charge is 0.244 e. The first kappa shape index (κ1) is 17.9. The summed E-state index contributed by atoms with van der Waals surface area (Å²) in [5.41, 5.74) is 2.73. The zero-order chi connectivity index (χ0) is 18.2. The van der Waals surface area contributed by atoms with Gasteiger partial charge in [0, 0.05) is 24.2 Å². The molecule has 0 bridgehead atoms. The van der Waals surface area contributed by atoms with E-state index in [1.165, 1.54) is 6.08 Å². The molecule has 2 N–H and O–H groups in total. The topological polar surface area (TPSA) is 58.2 Å². The van der Waals surface area contributed by atoms with Crippen LogP contribution in [0.5, 0.6) is 0 Å². The van der Waals surface area contributed by atoms with Crippen molar-refractivity contribution in [3.63, 3.8) is 0 Å². The Bertz CT molecular complexity index is 778. The minimum Gasteiger partial charge on any atom is -0.348 e. The number of amides is 2. The maximum absolute atomic E-state index is 12.2. The zero-order valence-corrected chi connectivity index (χ0v) is 14.8. The second-order valence-corrected chi connectivity index (χ2v) is 6.63. The number of hydrogen-bond donors (Lipinski definition) is 2. The molecule has 2 aromatic carbocycles. The number of carbonyl (C=O) groups is 2. The zero-order valence-electron chi connectivity index (χ0n) is 14.8. The molecule has 4 nitrogen and oxygen atoms in total. The highest BCUT2D eigenvalue weighted by atomic mass is 16.2. The Labute approximate surface area is 154 Å². The molecule has 1 aliphatic rings. The molecule has 26 heavy (non-hydrogen) atoms. The van der Waals surface area contributed by atoms with Crippen molar-refractivity contribution in [2.45, 2.75) is 32.2 Å². The van der Waals surface area contributed by atoms with Crippen LogP contribution in [0.2, 0.25) is 0 Å². The molecule has 1 saturated carbocycles. The van der Waals surface area contributed by atoms with Crippen molar-refractivity contribution in [1.82, 2.24) is 5.32 Å². The third kappa shape index (κ3) is 5.31. The number of benzene rings is 2. The fraction of sp³-hybridized carbons (Fsp3) is 0.273. The molecule has 2 aromatic rings. The Morgan fingerprint density at radius 3 is 2.54 bits per heavy atom. The summed E-state index contributed by atoms with van der Waals surface area (Å²) in [5, 5.41) is 5.86. The molecular weight excluding hydrogens is 324 g/mol. The highest BCUT2D eigenvalue weighted by Gasteiger charge is 2.22. The molecule has 0 aromatic heterocycles. The summed E-state index contributed by atoms with van der Waals surface area (Å²) in [6.07, 6.45) is 7.56. The quantitative estimate of drug-likeness (QED) is 0.771. The van der Waals surface area contributed by atoms with Gasteiger partial charge in [0.05, 0.1) is 0 Å². The largest absolute Gasteiger partial charge is 0.348 e. The van der Waals surface area contributed by atoms with E-state index in [0.717, 1.165) is 42.5 Å². The minimum absolute atomic E-state index is 0.106. The van der Waals surface area contributed by atoms with E-state index in [1.54, 1.807) is 6.08 Å². The highest BCUT2D eigenvalue weighted by Crippen LogP contribution is 2.26. The first-order valence-corrected chi connectivity index (χ1v) is 9.11. The minimum atomic E-state index is -0.144. The number of carbonyl (C=O) groups excluding carboxylic acids is 2. The van der Waals surface area contributed by atoms with Crippen LogP contribution in [0.3, 0.4) is 0 Å². The van der Waals surface area contributed by atoms with Crippen LogP contribution in [0.25, 0.3) is 6.08 Å². The maximum atomic E-state index is 12.2. The van der Waals surface area contributed by atoms with E-state index in [0.29, 0.717) is 6.54 Å². The van der Waals surface area contributed by atoms with Crippen molar-refractivity contribution in [3.05, 3.63) is 71.8 Å². The molecule has 134 valence electrons. The number of anilines is 1. The third-order valence-electron chi connectivity index (χ3n) is 4.61. The lowest BCUT2D eigenvalue weighted by atomic mass is 10.1. The van der Waals surface area contributed by atoms with Gasteiger partial charge in [0.15, 0.2) is 0 Å². The van der Waals surface area contributed by atoms with Crippen molar-refractivity contribution < 1.29 is 9.59 Å². The Morgan fingerprint density at radius 2 is 1.77 bits per heavy atom. The lowest BCUT2D eigenvalue weighted by Gasteiger charge is -2.11. The van der Waals surface area contributed by atoms with Crippen LogP contribution in [0.1, 0.15) is 36.8 Å². The molecule has 2 amide bonds. The van der Waals surface area contributed by atoms with Crippen molar-refractivity contribution >= 4 is 23.6 Å². The van der Waals surface area contributed by atoms with E-state index < -0.39 is 0 Å². The molecule has 0 radical (unpaired) electrons. The van der Waals surface area contributed by atoms with Crippen molar-refractivity contribution in [1.29, 1.82) is 0 Å². The predicted octanol–water partition coefficient (Wildman–Crippen LogP) is 4.14. The van der Waals surface area contributed by atoms with Gasteiger partial charge in [-0.3, -0.25) is 9.59 Å². The Morgan fingerprint density at radius 1 is 1.00 bits per heavy atom. The van der Waals surface area contributed by atoms with E-state index >= 15 is 0 Å². The molecule has 0 unspecified atom stereocenters. The molecule has 0 atom stereocenters. The van der Waals surface area contributed by atoms with Gasteiger partial charge in [-0.25, -0.2) is 0 Å². The van der Waals surface area contributed by atoms with Crippen LogP contribution in [-0.2, 0) is 16.1 Å². The normalized spacial score (nSPS) is 14.5. The van der Waals surface area contributed by atoms with Gasteiger partial charge < -0.3 is 10.6 Å². The van der Waals surface area contributed by atoms with Gasteiger partial charge in [0.1, 0.15) is 0 Å². The van der Waals surface area contributed by atoms with Crippen LogP contribution >= 0.6 is 0 Å². The van der Waals surface area contributed by atoms with Gasteiger partial charge in [-0.05, 0) is 42.2 Å². The Hall–Kier alpha value is -2.88. The van der Waals surface area contributed by atoms with E-state index in [1.807, 2.05) is 54.6 Å². The summed E-state index contributed by atoms with van der Waals surface area (Å²) in [6.45, 7) is 0.422. The summed E-state index contributed by atoms with van der Waals surface area (Å²) in [5.74, 6) is 0.102. The van der Waals surface area contributed by atoms with Gasteiger partial charge in [-0.2, -0.15) is 0 Å². The molecule has 1 aliphatic carbocycles. The Kier molecular flexibility index (Phi) is 6.20. The lowest BCUT2D eigenvalue weighted by molar-refractivity contribution is -0.119. The van der Waals surface area contributed by atoms with E-state index in [9.17, 15) is 9.59 Å². The molecule has 0 aliphatic heterocycles. The average Bonchev–Trinajstić information content (AvgIpc) is 3.21. The van der Waals surface area contributed by atoms with E-state index in [-0.39, 0.29) is 17.7 Å². The van der Waals surface area contributed by atoms with Gasteiger partial charge in [-0.1, -0.05) is 55.3 Å². The van der Waals surface area contributed by atoms with Crippen molar-refractivity contribution in [2.75, 3.05) is 5.32 Å². The van der Waals surface area contributed by atoms with Crippen LogP contribution in [-0.4, -0.2) is 11.8 Å². The SMILES string of the molecule is O=C(/C=C/c1ccccc1)NCc1cccc(NC(=O)C2CCCC2)c1. The van der Waals surface area contributed by atoms with Crippen LogP contribution in [0.15, 0.2) is 60.7 Å². The monoisotopic (exact) mass is 348 g/mol. The van der Waals surface area contributed by atoms with Crippen LogP contribution in [0.4, 0.5) is 5.69 Å². The molecular formula is C22H24N2O2. The summed E-state index contributed by atoms with van der Waals surface area (Å²) < 4.78 is 0. The van der Waals surface area contributed by atoms with Gasteiger partial charge in [0.2, 0.25) is 11.8 Å². The number of rotatable bonds is 6. The fourth-order valence-corrected chi connectivity index (χ4v) is 3.18. The van der Waals surface area contributed by atoms with Crippen LogP contribution in [0, 0.1) is 5.92 Å². The average molecular weight is 348 g/mol. The molecule has 3 rings (SSSR count). The summed E-state index contributed by atoms with van der Waals surface area (Å²) in [7, 11) is 0. The van der Waals surface area contributed by atoms with Gasteiger partial charge >= 0.3 is 0 Å². The number of hydrogen-bond acceptors (Lipinski definition) is 2. The Balaban J connectivity index is 1.51. The fourth-order valence-electron chi connectivity index (χ4n) is 3.18. The first-order chi connectivity index (χ1) is 12.7. The first-order valence-electron chi connectivity index (χ1n) is 9.11. The molecule has 0 heterocycles. The predicted molar refractivity (Wildman–Crippen MR) is 104 cm³/mol. The standard InChI is InChI=1S/C22H24N2O2/c25-21(14-13-17-7-2-1-3-8-17)23-16-18-9-6-12-20(15-18)24-22(26)19-10-4-5-11-19/h1-3,6-9,12-15,19H,4-5,10-11,16H2,(H,23,25)(H,24,26)/b14-13+. The summed E-state index contributed by atoms with van der Waals surface area (Å²) in [4.78, 5) is 24.2. The third-order valence-corrected chi connectivity index (χ3v) is 4.61. The molecule has 0 spiro atoms. The summed E-state index contributed by atoms with van der Waals surface area (Å²) >= 11 is 0. The van der Waals surface area contributed by atoms with Gasteiger partial charge in [0.25, 0.3) is 0 Å². The second-order valence-electron chi connectivity index (χ2n) is 6.63. The lowest BCUT2D eigenvalue weighted by Crippen LogP contribution is -2.21. The van der Waals surface area contributed by atoms with Crippen molar-refractivity contribution in [2.24, 2.45) is 5.92 Å². The highest BCUT2D eigenvalue weighted by molar-refractivity contribution is 5.93. The maximum Gasteiger partial charge on any atom is 0.244 e. The molecule has 4 heteroatoms. The second kappa shape index (κ2) is 8.99. The van der Waals surface area contributed by atoms with Gasteiger partial charge in [-0.15, -0.1) is 0 Å². The van der Waals surface area contributed by atoms with E-state index in [2.05, 4.69) is 10.6 Å². The number of nitrogens with one attached hydrogen (secondary N) is 2. The summed E-state index contributed by atoms with van der Waals surface area (Å²) in [6, 6.07) is 17.3. The molecule has 1 fully saturated rings. The van der Waals surface area contributed by atoms with Crippen molar-refractivity contribution in [3.8, 4) is 0 Å². The molecule has 0 saturated heterocycles.